The molecule has 0 spiro atoms. The Balaban J connectivity index is 1.13. The Morgan fingerprint density at radius 3 is 2.59 bits per heavy atom. The van der Waals surface area contributed by atoms with E-state index >= 15 is 0 Å². The van der Waals surface area contributed by atoms with Gasteiger partial charge >= 0.3 is 5.97 Å². The molecule has 0 bridgehead atoms. The lowest BCUT2D eigenvalue weighted by Crippen LogP contribution is -2.46. The first kappa shape index (κ1) is 27.4. The maximum Gasteiger partial charge on any atom is 0.335 e. The highest BCUT2D eigenvalue weighted by Crippen LogP contribution is 2.27. The number of carboxylic acids is 1. The summed E-state index contributed by atoms with van der Waals surface area (Å²) >= 11 is 5.82. The number of carbonyl (C=O) groups is 1. The van der Waals surface area contributed by atoms with Gasteiger partial charge in [0, 0.05) is 61.2 Å². The van der Waals surface area contributed by atoms with Gasteiger partial charge in [0.15, 0.2) is 0 Å². The lowest BCUT2D eigenvalue weighted by Gasteiger charge is -2.36. The summed E-state index contributed by atoms with van der Waals surface area (Å²) < 4.78 is 42.1. The fraction of sp³-hybridized carbons (Fsp3) is 0.333. The van der Waals surface area contributed by atoms with Gasteiger partial charge in [-0.3, -0.25) is 4.90 Å². The predicted octanol–water partition coefficient (Wildman–Crippen LogP) is 5.36. The van der Waals surface area contributed by atoms with Crippen LogP contribution in [0.25, 0.3) is 11.0 Å². The number of aromatic nitrogens is 2. The average Bonchev–Trinajstić information content (AvgIpc) is 3.26. The van der Waals surface area contributed by atoms with Gasteiger partial charge in [-0.15, -0.1) is 0 Å². The summed E-state index contributed by atoms with van der Waals surface area (Å²) in [5, 5.41) is 9.78. The van der Waals surface area contributed by atoms with Crippen LogP contribution in [0.2, 0.25) is 5.02 Å². The Labute approximate surface area is 240 Å². The topological polar surface area (TPSA) is 80.1 Å². The summed E-state index contributed by atoms with van der Waals surface area (Å²) in [7, 11) is 0. The van der Waals surface area contributed by atoms with E-state index in [1.807, 2.05) is 0 Å². The number of rotatable bonds is 9. The first-order chi connectivity index (χ1) is 19.8. The van der Waals surface area contributed by atoms with E-state index in [0.717, 1.165) is 43.0 Å². The van der Waals surface area contributed by atoms with Crippen molar-refractivity contribution in [1.82, 2.24) is 14.5 Å². The van der Waals surface area contributed by atoms with Crippen molar-refractivity contribution in [2.45, 2.75) is 32.2 Å². The van der Waals surface area contributed by atoms with E-state index in [9.17, 15) is 18.7 Å². The average molecular weight is 583 g/mol. The minimum Gasteiger partial charge on any atom is -0.489 e. The van der Waals surface area contributed by atoms with Crippen molar-refractivity contribution in [3.8, 4) is 5.75 Å². The molecule has 4 aromatic rings. The summed E-state index contributed by atoms with van der Waals surface area (Å²) in [5.74, 6) is -0.683. The number of imidazole rings is 1. The summed E-state index contributed by atoms with van der Waals surface area (Å²) in [4.78, 5) is 20.8. The van der Waals surface area contributed by atoms with Crippen LogP contribution in [0.3, 0.4) is 0 Å². The third kappa shape index (κ3) is 6.14. The highest BCUT2D eigenvalue weighted by molar-refractivity contribution is 6.30. The van der Waals surface area contributed by atoms with Crippen molar-refractivity contribution in [1.29, 1.82) is 0 Å². The first-order valence-corrected chi connectivity index (χ1v) is 13.9. The second-order valence-electron chi connectivity index (χ2n) is 10.4. The van der Waals surface area contributed by atoms with Gasteiger partial charge < -0.3 is 24.0 Å². The van der Waals surface area contributed by atoms with E-state index in [0.29, 0.717) is 48.2 Å². The number of aromatic carboxylic acids is 1. The van der Waals surface area contributed by atoms with Crippen LogP contribution in [-0.2, 0) is 24.4 Å². The van der Waals surface area contributed by atoms with Crippen molar-refractivity contribution in [3.05, 3.63) is 88.2 Å². The molecule has 11 heteroatoms. The number of halogens is 3. The van der Waals surface area contributed by atoms with Gasteiger partial charge in [0.1, 0.15) is 29.8 Å². The standard InChI is InChI=1S/C30H29ClF2N4O4/c31-21-3-1-20(26(33)12-21)18-41-25-14-22(32)13-23(15-25)36-8-6-35(7-9-36)17-29-34-27-4-2-19(30(38)39)11-28(27)37(29)16-24-5-10-40-24/h1-4,11-15,24H,5-10,16-18H2,(H,38,39). The molecule has 214 valence electrons. The zero-order valence-corrected chi connectivity index (χ0v) is 23.0. The summed E-state index contributed by atoms with van der Waals surface area (Å²) in [5.41, 5.74) is 2.81. The van der Waals surface area contributed by atoms with E-state index in [4.69, 9.17) is 26.1 Å². The fourth-order valence-corrected chi connectivity index (χ4v) is 5.40. The molecule has 1 aromatic heterocycles. The maximum absolute atomic E-state index is 14.5. The van der Waals surface area contributed by atoms with Crippen LogP contribution in [0, 0.1) is 11.6 Å². The van der Waals surface area contributed by atoms with E-state index in [1.54, 1.807) is 36.4 Å². The molecule has 0 radical (unpaired) electrons. The molecular weight excluding hydrogens is 554 g/mol. The summed E-state index contributed by atoms with van der Waals surface area (Å²) in [6.07, 6.45) is 1.06. The first-order valence-electron chi connectivity index (χ1n) is 13.5. The molecular formula is C30H29ClF2N4O4. The van der Waals surface area contributed by atoms with Gasteiger partial charge in [-0.1, -0.05) is 17.7 Å². The van der Waals surface area contributed by atoms with Gasteiger partial charge in [0.25, 0.3) is 0 Å². The Morgan fingerprint density at radius 1 is 1.07 bits per heavy atom. The minimum atomic E-state index is -0.972. The zero-order chi connectivity index (χ0) is 28.5. The summed E-state index contributed by atoms with van der Waals surface area (Å²) in [6, 6.07) is 13.9. The maximum atomic E-state index is 14.5. The van der Waals surface area contributed by atoms with Crippen molar-refractivity contribution in [3.63, 3.8) is 0 Å². The van der Waals surface area contributed by atoms with Crippen molar-refractivity contribution in [2.24, 2.45) is 0 Å². The quantitative estimate of drug-likeness (QED) is 0.285. The molecule has 0 saturated carbocycles. The van der Waals surface area contributed by atoms with Crippen LogP contribution in [0.1, 0.15) is 28.2 Å². The van der Waals surface area contributed by atoms with Gasteiger partial charge in [-0.05, 0) is 42.8 Å². The number of fused-ring (bicyclic) bond motifs is 1. The predicted molar refractivity (Wildman–Crippen MR) is 151 cm³/mol. The number of carboxylic acid groups (broad SMARTS) is 1. The number of piperazine rings is 1. The Hall–Kier alpha value is -3.73. The molecule has 2 aliphatic heterocycles. The third-order valence-electron chi connectivity index (χ3n) is 7.62. The van der Waals surface area contributed by atoms with Crippen molar-refractivity contribution < 1.29 is 28.2 Å². The molecule has 1 unspecified atom stereocenters. The number of benzene rings is 3. The van der Waals surface area contributed by atoms with Crippen molar-refractivity contribution in [2.75, 3.05) is 37.7 Å². The largest absolute Gasteiger partial charge is 0.489 e. The summed E-state index contributed by atoms with van der Waals surface area (Å²) in [6.45, 7) is 4.72. The van der Waals surface area contributed by atoms with Crippen LogP contribution >= 0.6 is 11.6 Å². The normalized spacial score (nSPS) is 17.5. The Morgan fingerprint density at radius 2 is 1.88 bits per heavy atom. The lowest BCUT2D eigenvalue weighted by atomic mass is 10.1. The SMILES string of the molecule is O=C(O)c1ccc2nc(CN3CCN(c4cc(F)cc(OCc5ccc(Cl)cc5F)c4)CC3)n(CC3CCO3)c2c1. The fourth-order valence-electron chi connectivity index (χ4n) is 5.24. The van der Waals surface area contributed by atoms with Crippen molar-refractivity contribution >= 4 is 34.3 Å². The number of anilines is 1. The Kier molecular flexibility index (Phi) is 7.79. The lowest BCUT2D eigenvalue weighted by molar-refractivity contribution is -0.0592. The second kappa shape index (κ2) is 11.6. The van der Waals surface area contributed by atoms with E-state index in [2.05, 4.69) is 14.4 Å². The molecule has 8 nitrogen and oxygen atoms in total. The molecule has 3 heterocycles. The number of hydrogen-bond donors (Lipinski definition) is 1. The smallest absolute Gasteiger partial charge is 0.335 e. The number of nitrogens with zero attached hydrogens (tertiary/aromatic N) is 4. The molecule has 1 atom stereocenters. The molecule has 2 aliphatic rings. The van der Waals surface area contributed by atoms with Crippen LogP contribution in [-0.4, -0.2) is 64.4 Å². The van der Waals surface area contributed by atoms with Crippen LogP contribution in [0.4, 0.5) is 14.5 Å². The van der Waals surface area contributed by atoms with Crippen LogP contribution in [0.15, 0.2) is 54.6 Å². The van der Waals surface area contributed by atoms with Crippen LogP contribution < -0.4 is 9.64 Å². The van der Waals surface area contributed by atoms with Crippen LogP contribution in [0.5, 0.6) is 5.75 Å². The highest BCUT2D eigenvalue weighted by Gasteiger charge is 2.25. The van der Waals surface area contributed by atoms with Gasteiger partial charge in [-0.25, -0.2) is 18.6 Å². The van der Waals surface area contributed by atoms with E-state index in [-0.39, 0.29) is 18.3 Å². The molecule has 2 saturated heterocycles. The number of ether oxygens (including phenoxy) is 2. The molecule has 6 rings (SSSR count). The molecule has 1 N–H and O–H groups in total. The Bertz CT molecular complexity index is 1580. The van der Waals surface area contributed by atoms with Gasteiger partial charge in [0.05, 0.1) is 35.8 Å². The van der Waals surface area contributed by atoms with Gasteiger partial charge in [-0.2, -0.15) is 0 Å². The zero-order valence-electron chi connectivity index (χ0n) is 22.2. The number of hydrogen-bond acceptors (Lipinski definition) is 6. The molecule has 2 fully saturated rings. The molecule has 0 aliphatic carbocycles. The minimum absolute atomic E-state index is 0.0411. The van der Waals surface area contributed by atoms with E-state index in [1.165, 1.54) is 18.2 Å². The van der Waals surface area contributed by atoms with E-state index < -0.39 is 17.6 Å². The second-order valence-corrected chi connectivity index (χ2v) is 10.8. The molecule has 3 aromatic carbocycles. The molecule has 0 amide bonds. The monoisotopic (exact) mass is 582 g/mol. The van der Waals surface area contributed by atoms with Gasteiger partial charge in [0.2, 0.25) is 0 Å². The third-order valence-corrected chi connectivity index (χ3v) is 7.86. The highest BCUT2D eigenvalue weighted by atomic mass is 35.5. The molecule has 41 heavy (non-hydrogen) atoms.